The van der Waals surface area contributed by atoms with Gasteiger partial charge in [0.1, 0.15) is 0 Å². The van der Waals surface area contributed by atoms with Crippen molar-refractivity contribution < 1.29 is 0 Å². The van der Waals surface area contributed by atoms with E-state index in [-0.39, 0.29) is 0 Å². The molecule has 3 N–H and O–H groups in total. The second-order valence-corrected chi connectivity index (χ2v) is 6.40. The summed E-state index contributed by atoms with van der Waals surface area (Å²) < 4.78 is 0. The summed E-state index contributed by atoms with van der Waals surface area (Å²) in [6.07, 6.45) is 5.67. The van der Waals surface area contributed by atoms with Gasteiger partial charge in [-0.25, -0.2) is 0 Å². The lowest BCUT2D eigenvalue weighted by molar-refractivity contribution is 0.252. The van der Waals surface area contributed by atoms with Gasteiger partial charge in [0.15, 0.2) is 0 Å². The van der Waals surface area contributed by atoms with Gasteiger partial charge in [-0.1, -0.05) is 35.7 Å². The van der Waals surface area contributed by atoms with Crippen LogP contribution in [0.3, 0.4) is 0 Å². The van der Waals surface area contributed by atoms with E-state index in [0.29, 0.717) is 6.04 Å². The molecule has 2 aliphatic carbocycles. The minimum atomic E-state index is 0.346. The Morgan fingerprint density at radius 3 is 2.33 bits per heavy atom. The maximum absolute atomic E-state index is 5.87. The van der Waals surface area contributed by atoms with Crippen LogP contribution in [0.4, 0.5) is 0 Å². The van der Waals surface area contributed by atoms with E-state index in [0.717, 1.165) is 17.8 Å². The molecule has 0 heterocycles. The Balaban J connectivity index is 1.87. The zero-order valence-electron chi connectivity index (χ0n) is 11.4. The fourth-order valence-corrected chi connectivity index (χ4v) is 4.36. The molecule has 98 valence electrons. The van der Waals surface area contributed by atoms with Gasteiger partial charge in [-0.05, 0) is 56.4 Å². The molecule has 2 aliphatic rings. The van der Waals surface area contributed by atoms with Gasteiger partial charge >= 0.3 is 0 Å². The van der Waals surface area contributed by atoms with Gasteiger partial charge in [-0.3, -0.25) is 11.3 Å². The van der Waals surface area contributed by atoms with E-state index in [9.17, 15) is 0 Å². The number of benzene rings is 1. The Hall–Kier alpha value is -0.860. The van der Waals surface area contributed by atoms with Crippen LogP contribution in [0, 0.1) is 31.6 Å². The highest BCUT2D eigenvalue weighted by molar-refractivity contribution is 5.31. The van der Waals surface area contributed by atoms with E-state index in [1.54, 1.807) is 0 Å². The highest BCUT2D eigenvalue weighted by Crippen LogP contribution is 2.52. The molecule has 1 aromatic carbocycles. The minimum Gasteiger partial charge on any atom is -0.271 e. The van der Waals surface area contributed by atoms with Crippen molar-refractivity contribution in [3.8, 4) is 0 Å². The molecular formula is C16H24N2. The summed E-state index contributed by atoms with van der Waals surface area (Å²) in [6, 6.07) is 7.17. The first kappa shape index (κ1) is 12.2. The number of hydrogen-bond acceptors (Lipinski definition) is 2. The molecule has 0 saturated heterocycles. The standard InChI is InChI=1S/C16H24N2/c1-10-5-11(2)7-14(6-10)16(18-17)15-9-12-3-4-13(15)8-12/h5-7,12-13,15-16,18H,3-4,8-9,17H2,1-2H3. The van der Waals surface area contributed by atoms with E-state index in [4.69, 9.17) is 5.84 Å². The predicted molar refractivity (Wildman–Crippen MR) is 74.9 cm³/mol. The summed E-state index contributed by atoms with van der Waals surface area (Å²) in [4.78, 5) is 0. The molecule has 3 rings (SSSR count). The van der Waals surface area contributed by atoms with Crippen LogP contribution in [0.25, 0.3) is 0 Å². The molecule has 0 amide bonds. The molecule has 2 bridgehead atoms. The average molecular weight is 244 g/mol. The molecule has 4 atom stereocenters. The third kappa shape index (κ3) is 2.08. The lowest BCUT2D eigenvalue weighted by Crippen LogP contribution is -2.35. The van der Waals surface area contributed by atoms with Crippen LogP contribution in [0.2, 0.25) is 0 Å². The van der Waals surface area contributed by atoms with Gasteiger partial charge in [0, 0.05) is 6.04 Å². The summed E-state index contributed by atoms with van der Waals surface area (Å²) in [5.41, 5.74) is 7.16. The molecule has 2 nitrogen and oxygen atoms in total. The topological polar surface area (TPSA) is 38.0 Å². The molecule has 0 aliphatic heterocycles. The second-order valence-electron chi connectivity index (χ2n) is 6.40. The molecule has 0 aromatic heterocycles. The van der Waals surface area contributed by atoms with Crippen LogP contribution in [0.5, 0.6) is 0 Å². The Morgan fingerprint density at radius 1 is 1.11 bits per heavy atom. The van der Waals surface area contributed by atoms with Gasteiger partial charge in [-0.2, -0.15) is 0 Å². The van der Waals surface area contributed by atoms with Gasteiger partial charge in [-0.15, -0.1) is 0 Å². The lowest BCUT2D eigenvalue weighted by Gasteiger charge is -2.30. The van der Waals surface area contributed by atoms with E-state index < -0.39 is 0 Å². The highest BCUT2D eigenvalue weighted by atomic mass is 15.2. The van der Waals surface area contributed by atoms with Crippen LogP contribution in [0.15, 0.2) is 18.2 Å². The van der Waals surface area contributed by atoms with Crippen LogP contribution in [-0.4, -0.2) is 0 Å². The molecule has 0 radical (unpaired) electrons. The number of fused-ring (bicyclic) bond motifs is 2. The molecule has 4 unspecified atom stereocenters. The van der Waals surface area contributed by atoms with Gasteiger partial charge < -0.3 is 0 Å². The fraction of sp³-hybridized carbons (Fsp3) is 0.625. The lowest BCUT2D eigenvalue weighted by atomic mass is 9.80. The molecule has 2 heteroatoms. The number of rotatable bonds is 3. The first-order valence-electron chi connectivity index (χ1n) is 7.21. The van der Waals surface area contributed by atoms with Crippen LogP contribution in [0.1, 0.15) is 48.4 Å². The normalized spacial score (nSPS) is 31.8. The van der Waals surface area contributed by atoms with Gasteiger partial charge in [0.05, 0.1) is 0 Å². The Morgan fingerprint density at radius 2 is 1.83 bits per heavy atom. The van der Waals surface area contributed by atoms with Crippen molar-refractivity contribution in [2.45, 2.75) is 45.6 Å². The predicted octanol–water partition coefficient (Wildman–Crippen LogP) is 3.24. The Labute approximate surface area is 110 Å². The highest BCUT2D eigenvalue weighted by Gasteiger charge is 2.43. The molecular weight excluding hydrogens is 220 g/mol. The molecule has 1 aromatic rings. The minimum absolute atomic E-state index is 0.346. The second kappa shape index (κ2) is 4.67. The maximum atomic E-state index is 5.87. The van der Waals surface area contributed by atoms with Crippen molar-refractivity contribution in [3.05, 3.63) is 34.9 Å². The monoisotopic (exact) mass is 244 g/mol. The SMILES string of the molecule is Cc1cc(C)cc(C(NN)C2CC3CCC2C3)c1. The first-order chi connectivity index (χ1) is 8.67. The Bertz CT molecular complexity index is 420. The van der Waals surface area contributed by atoms with E-state index in [1.807, 2.05) is 0 Å². The summed E-state index contributed by atoms with van der Waals surface area (Å²) in [6.45, 7) is 4.34. The fourth-order valence-electron chi connectivity index (χ4n) is 4.36. The molecule has 2 saturated carbocycles. The summed E-state index contributed by atoms with van der Waals surface area (Å²) in [5.74, 6) is 8.49. The Kier molecular flexibility index (Phi) is 3.16. The van der Waals surface area contributed by atoms with Crippen molar-refractivity contribution in [2.24, 2.45) is 23.6 Å². The smallest absolute Gasteiger partial charge is 0.0491 e. The molecule has 0 spiro atoms. The molecule has 2 fully saturated rings. The number of nitrogens with one attached hydrogen (secondary N) is 1. The van der Waals surface area contributed by atoms with Crippen molar-refractivity contribution in [1.82, 2.24) is 5.43 Å². The van der Waals surface area contributed by atoms with Crippen molar-refractivity contribution in [1.29, 1.82) is 0 Å². The van der Waals surface area contributed by atoms with E-state index in [1.165, 1.54) is 42.4 Å². The summed E-state index contributed by atoms with van der Waals surface area (Å²) in [7, 11) is 0. The number of hydrazine groups is 1. The van der Waals surface area contributed by atoms with Crippen LogP contribution in [-0.2, 0) is 0 Å². The van der Waals surface area contributed by atoms with Crippen molar-refractivity contribution in [2.75, 3.05) is 0 Å². The first-order valence-corrected chi connectivity index (χ1v) is 7.21. The van der Waals surface area contributed by atoms with Crippen molar-refractivity contribution >= 4 is 0 Å². The van der Waals surface area contributed by atoms with Gasteiger partial charge in [0.2, 0.25) is 0 Å². The summed E-state index contributed by atoms with van der Waals surface area (Å²) in [5, 5.41) is 0. The largest absolute Gasteiger partial charge is 0.271 e. The number of aryl methyl sites for hydroxylation is 2. The van der Waals surface area contributed by atoms with Crippen molar-refractivity contribution in [3.63, 3.8) is 0 Å². The zero-order valence-corrected chi connectivity index (χ0v) is 11.4. The number of hydrogen-bond donors (Lipinski definition) is 2. The molecule has 18 heavy (non-hydrogen) atoms. The zero-order chi connectivity index (χ0) is 12.7. The third-order valence-corrected chi connectivity index (χ3v) is 5.00. The summed E-state index contributed by atoms with van der Waals surface area (Å²) >= 11 is 0. The quantitative estimate of drug-likeness (QED) is 0.633. The van der Waals surface area contributed by atoms with Crippen LogP contribution < -0.4 is 11.3 Å². The average Bonchev–Trinajstić information content (AvgIpc) is 2.90. The van der Waals surface area contributed by atoms with E-state index >= 15 is 0 Å². The number of nitrogens with two attached hydrogens (primary N) is 1. The van der Waals surface area contributed by atoms with E-state index in [2.05, 4.69) is 37.5 Å². The van der Waals surface area contributed by atoms with Gasteiger partial charge in [0.25, 0.3) is 0 Å². The van der Waals surface area contributed by atoms with Crippen LogP contribution >= 0.6 is 0 Å². The maximum Gasteiger partial charge on any atom is 0.0491 e. The third-order valence-electron chi connectivity index (χ3n) is 5.00.